The van der Waals surface area contributed by atoms with Crippen LogP contribution in [0.1, 0.15) is 96.8 Å². The van der Waals surface area contributed by atoms with E-state index in [1.807, 2.05) is 21.1 Å². The average Bonchev–Trinajstić information content (AvgIpc) is 2.75. The second kappa shape index (κ2) is 19.8. The monoisotopic (exact) mass is 512 g/mol. The minimum atomic E-state index is -4.57. The zero-order chi connectivity index (χ0) is 25.9. The number of nitrogens with zero attached hydrogens (tertiary/aromatic N) is 1. The summed E-state index contributed by atoms with van der Waals surface area (Å²) in [5.41, 5.74) is 0. The lowest BCUT2D eigenvalue weighted by molar-refractivity contribution is -0.870. The number of phosphoric ester groups is 1. The molecule has 0 radical (unpaired) electrons. The molecule has 0 aliphatic heterocycles. The van der Waals surface area contributed by atoms with Gasteiger partial charge in [0.05, 0.1) is 27.7 Å². The molecule has 204 valence electrons. The van der Waals surface area contributed by atoms with Crippen molar-refractivity contribution in [3.8, 4) is 0 Å². The van der Waals surface area contributed by atoms with Gasteiger partial charge in [-0.25, -0.2) is 9.45 Å². The van der Waals surface area contributed by atoms with Gasteiger partial charge in [-0.1, -0.05) is 84.0 Å². The molecule has 3 N–H and O–H groups in total. The molecular formula is C24H51NO8P+. The lowest BCUT2D eigenvalue weighted by Crippen LogP contribution is -2.40. The Morgan fingerprint density at radius 3 is 1.76 bits per heavy atom. The number of carbonyl (C=O) groups excluding carboxylic acids is 1. The number of rotatable bonds is 24. The first-order valence-corrected chi connectivity index (χ1v) is 14.5. The Morgan fingerprint density at radius 1 is 0.882 bits per heavy atom. The number of aliphatic hydroxyl groups is 1. The Kier molecular flexibility index (Phi) is 19.5. The van der Waals surface area contributed by atoms with Crippen LogP contribution in [-0.4, -0.2) is 78.6 Å². The second-order valence-corrected chi connectivity index (χ2v) is 11.5. The van der Waals surface area contributed by atoms with Gasteiger partial charge in [0.25, 0.3) is 0 Å². The molecule has 2 unspecified atom stereocenters. The summed E-state index contributed by atoms with van der Waals surface area (Å²) in [5.74, 6) is -0.513. The largest absolute Gasteiger partial charge is 0.473 e. The number of unbranched alkanes of at least 4 members (excludes halogenated alkanes) is 12. The lowest BCUT2D eigenvalue weighted by atomic mass is 10.0. The third kappa shape index (κ3) is 18.9. The molecule has 0 amide bonds. The van der Waals surface area contributed by atoms with Crippen molar-refractivity contribution in [1.82, 2.24) is 0 Å². The maximum Gasteiger partial charge on any atom is 0.473 e. The minimum Gasteiger partial charge on any atom is -0.393 e. The molecule has 0 aliphatic carbocycles. The standard InChI is InChI=1S/C24H50NO8P/c1-5-6-7-8-9-10-11-12-13-14-15-16-17-18-22(27)24(23(21-26)32-28)33-34(29,30)31-20-19-25(2,3)4/h23-24,26H,5-21H2,1-4H3,(H-,28,29,30)/p+1/t23-,24?/m0/s1. The molecule has 10 heteroatoms. The summed E-state index contributed by atoms with van der Waals surface area (Å²) >= 11 is 0. The van der Waals surface area contributed by atoms with Gasteiger partial charge in [-0.3, -0.25) is 19.1 Å². The summed E-state index contributed by atoms with van der Waals surface area (Å²) in [6.45, 7) is 1.88. The quantitative estimate of drug-likeness (QED) is 0.0537. The Bertz CT molecular complexity index is 552. The van der Waals surface area contributed by atoms with E-state index in [9.17, 15) is 19.4 Å². The first kappa shape index (κ1) is 33.6. The molecular weight excluding hydrogens is 461 g/mol. The number of hydrogen-bond donors (Lipinski definition) is 3. The molecule has 0 fully saturated rings. The number of likely N-dealkylation sites (N-methyl/N-ethyl adjacent to an activating group) is 1. The number of ketones is 1. The molecule has 0 spiro atoms. The Balaban J connectivity index is 4.23. The van der Waals surface area contributed by atoms with Crippen LogP contribution in [0.4, 0.5) is 0 Å². The first-order valence-electron chi connectivity index (χ1n) is 13.0. The molecule has 34 heavy (non-hydrogen) atoms. The van der Waals surface area contributed by atoms with E-state index in [1.165, 1.54) is 57.8 Å². The number of Topliss-reactive ketones (excluding diaryl/α,β-unsaturated/α-hetero) is 1. The second-order valence-electron chi connectivity index (χ2n) is 10.1. The molecule has 0 heterocycles. The van der Waals surface area contributed by atoms with Crippen LogP contribution in [-0.2, 0) is 23.3 Å². The summed E-state index contributed by atoms with van der Waals surface area (Å²) in [6, 6.07) is 0. The predicted molar refractivity (Wildman–Crippen MR) is 133 cm³/mol. The maximum atomic E-state index is 12.6. The van der Waals surface area contributed by atoms with Crippen molar-refractivity contribution in [2.24, 2.45) is 0 Å². The van der Waals surface area contributed by atoms with Gasteiger partial charge in [0.15, 0.2) is 11.9 Å². The highest BCUT2D eigenvalue weighted by Gasteiger charge is 2.37. The van der Waals surface area contributed by atoms with Crippen LogP contribution in [0, 0.1) is 0 Å². The normalized spacial score (nSPS) is 15.7. The molecule has 0 aromatic rings. The number of carbonyl (C=O) groups is 1. The number of quaternary nitrogens is 1. The van der Waals surface area contributed by atoms with Crippen LogP contribution in [0.2, 0.25) is 0 Å². The Hall–Kier alpha value is -0.380. The summed E-state index contributed by atoms with van der Waals surface area (Å²) in [7, 11) is 1.12. The van der Waals surface area contributed by atoms with Crippen LogP contribution < -0.4 is 0 Å². The van der Waals surface area contributed by atoms with Gasteiger partial charge in [0.1, 0.15) is 19.3 Å². The van der Waals surface area contributed by atoms with Crippen molar-refractivity contribution < 1.29 is 43.0 Å². The van der Waals surface area contributed by atoms with Gasteiger partial charge in [-0.2, -0.15) is 0 Å². The number of phosphoric acid groups is 1. The number of aliphatic hydroxyl groups excluding tert-OH is 1. The molecule has 9 nitrogen and oxygen atoms in total. The molecule has 0 saturated heterocycles. The highest BCUT2D eigenvalue weighted by molar-refractivity contribution is 7.47. The zero-order valence-electron chi connectivity index (χ0n) is 22.0. The summed E-state index contributed by atoms with van der Waals surface area (Å²) in [4.78, 5) is 26.7. The SMILES string of the molecule is CCCCCCCCCCCCCCCC(=O)C(OP(=O)(O)OCC[N+](C)(C)C)[C@H](CO)OO. The van der Waals surface area contributed by atoms with E-state index in [4.69, 9.17) is 14.3 Å². The average molecular weight is 513 g/mol. The first-order chi connectivity index (χ1) is 16.1. The highest BCUT2D eigenvalue weighted by Crippen LogP contribution is 2.45. The topological polar surface area (TPSA) is 123 Å². The fraction of sp³-hybridized carbons (Fsp3) is 0.958. The van der Waals surface area contributed by atoms with Gasteiger partial charge >= 0.3 is 7.82 Å². The van der Waals surface area contributed by atoms with Crippen molar-refractivity contribution in [2.75, 3.05) is 40.9 Å². The van der Waals surface area contributed by atoms with Gasteiger partial charge in [0, 0.05) is 6.42 Å². The molecule has 3 atom stereocenters. The van der Waals surface area contributed by atoms with Crippen LogP contribution in [0.5, 0.6) is 0 Å². The predicted octanol–water partition coefficient (Wildman–Crippen LogP) is 5.10. The smallest absolute Gasteiger partial charge is 0.393 e. The fourth-order valence-electron chi connectivity index (χ4n) is 3.58. The molecule has 0 rings (SSSR count). The van der Waals surface area contributed by atoms with E-state index in [0.717, 1.165) is 19.3 Å². The summed E-state index contributed by atoms with van der Waals surface area (Å²) < 4.78 is 22.7. The van der Waals surface area contributed by atoms with Crippen molar-refractivity contribution in [3.05, 3.63) is 0 Å². The molecule has 0 aromatic heterocycles. The lowest BCUT2D eigenvalue weighted by Gasteiger charge is -2.26. The van der Waals surface area contributed by atoms with E-state index >= 15 is 0 Å². The van der Waals surface area contributed by atoms with Crippen LogP contribution in [0.3, 0.4) is 0 Å². The van der Waals surface area contributed by atoms with E-state index in [-0.39, 0.29) is 13.0 Å². The Labute approximate surface area is 206 Å². The summed E-state index contributed by atoms with van der Waals surface area (Å²) in [6.07, 6.45) is 12.3. The molecule has 0 saturated carbocycles. The van der Waals surface area contributed by atoms with Gasteiger partial charge in [0.2, 0.25) is 0 Å². The van der Waals surface area contributed by atoms with Crippen LogP contribution in [0.25, 0.3) is 0 Å². The van der Waals surface area contributed by atoms with E-state index in [1.54, 1.807) is 0 Å². The van der Waals surface area contributed by atoms with Gasteiger partial charge < -0.3 is 14.5 Å². The van der Waals surface area contributed by atoms with E-state index in [0.29, 0.717) is 17.4 Å². The molecule has 0 bridgehead atoms. The van der Waals surface area contributed by atoms with Crippen LogP contribution in [0.15, 0.2) is 0 Å². The molecule has 0 aromatic carbocycles. The van der Waals surface area contributed by atoms with Crippen molar-refractivity contribution in [2.45, 2.75) is 109 Å². The Morgan fingerprint density at radius 2 is 1.35 bits per heavy atom. The maximum absolute atomic E-state index is 12.6. The number of hydrogen-bond acceptors (Lipinski definition) is 7. The summed E-state index contributed by atoms with van der Waals surface area (Å²) in [5, 5.41) is 18.4. The highest BCUT2D eigenvalue weighted by atomic mass is 31.2. The minimum absolute atomic E-state index is 0.0547. The third-order valence-corrected chi connectivity index (χ3v) is 6.76. The fourth-order valence-corrected chi connectivity index (χ4v) is 4.50. The van der Waals surface area contributed by atoms with Crippen molar-refractivity contribution >= 4 is 13.6 Å². The zero-order valence-corrected chi connectivity index (χ0v) is 22.8. The molecule has 0 aliphatic rings. The van der Waals surface area contributed by atoms with Crippen molar-refractivity contribution in [3.63, 3.8) is 0 Å². The van der Waals surface area contributed by atoms with E-state index < -0.39 is 32.4 Å². The van der Waals surface area contributed by atoms with Crippen LogP contribution >= 0.6 is 7.82 Å². The van der Waals surface area contributed by atoms with Crippen molar-refractivity contribution in [1.29, 1.82) is 0 Å². The third-order valence-electron chi connectivity index (χ3n) is 5.76. The van der Waals surface area contributed by atoms with E-state index in [2.05, 4.69) is 11.8 Å². The van der Waals surface area contributed by atoms with Gasteiger partial charge in [-0.05, 0) is 6.42 Å². The van der Waals surface area contributed by atoms with Gasteiger partial charge in [-0.15, -0.1) is 0 Å².